The van der Waals surface area contributed by atoms with Crippen LogP contribution in [0.3, 0.4) is 0 Å². The van der Waals surface area contributed by atoms with Gasteiger partial charge >= 0.3 is 7.12 Å². The van der Waals surface area contributed by atoms with Crippen LogP contribution in [0.4, 0.5) is 0 Å². The number of rotatable bonds is 2. The lowest BCUT2D eigenvalue weighted by molar-refractivity contribution is 0.112. The first kappa shape index (κ1) is 9.39. The summed E-state index contributed by atoms with van der Waals surface area (Å²) in [5.41, 5.74) is 0.445. The van der Waals surface area contributed by atoms with E-state index in [-0.39, 0.29) is 0 Å². The highest BCUT2D eigenvalue weighted by Crippen LogP contribution is 2.22. The molecule has 0 fully saturated rings. The van der Waals surface area contributed by atoms with Crippen LogP contribution in [-0.2, 0) is 0 Å². The number of hydrogen-bond donors (Lipinski definition) is 2. The fourth-order valence-corrected chi connectivity index (χ4v) is 2.37. The third kappa shape index (κ3) is 1.46. The highest BCUT2D eigenvalue weighted by molar-refractivity contribution is 7.21. The van der Waals surface area contributed by atoms with E-state index in [1.54, 1.807) is 18.2 Å². The van der Waals surface area contributed by atoms with Gasteiger partial charge < -0.3 is 10.0 Å². The summed E-state index contributed by atoms with van der Waals surface area (Å²) >= 11 is 1.26. The quantitative estimate of drug-likeness (QED) is 0.552. The molecule has 1 aromatic heterocycles. The van der Waals surface area contributed by atoms with Crippen LogP contribution in [-0.4, -0.2) is 23.5 Å². The van der Waals surface area contributed by atoms with E-state index in [1.807, 2.05) is 6.07 Å². The van der Waals surface area contributed by atoms with Crippen LogP contribution in [0.25, 0.3) is 10.1 Å². The van der Waals surface area contributed by atoms with E-state index in [0.29, 0.717) is 10.3 Å². The van der Waals surface area contributed by atoms with Crippen molar-refractivity contribution in [2.24, 2.45) is 0 Å². The number of fused-ring (bicyclic) bond motifs is 1. The molecule has 1 heterocycles. The van der Waals surface area contributed by atoms with Crippen molar-refractivity contribution in [3.8, 4) is 0 Å². The summed E-state index contributed by atoms with van der Waals surface area (Å²) in [5, 5.41) is 19.0. The molecule has 0 unspecified atom stereocenters. The van der Waals surface area contributed by atoms with Gasteiger partial charge in [0, 0.05) is 4.70 Å². The van der Waals surface area contributed by atoms with Crippen LogP contribution in [0.1, 0.15) is 9.67 Å². The lowest BCUT2D eigenvalue weighted by Crippen LogP contribution is -2.29. The van der Waals surface area contributed by atoms with Crippen molar-refractivity contribution in [3.05, 3.63) is 29.1 Å². The second kappa shape index (κ2) is 3.53. The SMILES string of the molecule is O=Cc1cc2cccc(B(O)O)c2s1. The van der Waals surface area contributed by atoms with Crippen LogP contribution in [0.5, 0.6) is 0 Å². The van der Waals surface area contributed by atoms with Crippen molar-refractivity contribution in [3.63, 3.8) is 0 Å². The van der Waals surface area contributed by atoms with Crippen LogP contribution < -0.4 is 5.46 Å². The number of benzene rings is 1. The molecule has 2 N–H and O–H groups in total. The molecular formula is C9H7BO3S. The molecule has 2 aromatic rings. The third-order valence-electron chi connectivity index (χ3n) is 1.99. The molecule has 0 aliphatic rings. The second-order valence-electron chi connectivity index (χ2n) is 2.91. The van der Waals surface area contributed by atoms with Crippen molar-refractivity contribution in [2.75, 3.05) is 0 Å². The van der Waals surface area contributed by atoms with Gasteiger partial charge in [0.1, 0.15) is 0 Å². The molecule has 14 heavy (non-hydrogen) atoms. The van der Waals surface area contributed by atoms with Gasteiger partial charge in [-0.1, -0.05) is 18.2 Å². The maximum Gasteiger partial charge on any atom is 0.489 e. The topological polar surface area (TPSA) is 57.5 Å². The van der Waals surface area contributed by atoms with Gasteiger partial charge in [0.25, 0.3) is 0 Å². The standard InChI is InChI=1S/C9H7BO3S/c11-5-7-4-6-2-1-3-8(10(12)13)9(6)14-7/h1-5,12-13H. The predicted molar refractivity (Wildman–Crippen MR) is 57.0 cm³/mol. The van der Waals surface area contributed by atoms with Gasteiger partial charge in [0.15, 0.2) is 6.29 Å². The summed E-state index contributed by atoms with van der Waals surface area (Å²) in [5.74, 6) is 0. The molecule has 0 aliphatic heterocycles. The van der Waals surface area contributed by atoms with Gasteiger partial charge in [-0.2, -0.15) is 0 Å². The Balaban J connectivity index is 2.72. The summed E-state index contributed by atoms with van der Waals surface area (Å²) in [4.78, 5) is 11.1. The first-order chi connectivity index (χ1) is 6.72. The zero-order chi connectivity index (χ0) is 10.1. The second-order valence-corrected chi connectivity index (χ2v) is 3.99. The minimum absolute atomic E-state index is 0.445. The highest BCUT2D eigenvalue weighted by Gasteiger charge is 2.15. The number of carbonyl (C=O) groups is 1. The number of aldehydes is 1. The number of thiophene rings is 1. The molecule has 0 bridgehead atoms. The molecular weight excluding hydrogens is 199 g/mol. The fourth-order valence-electron chi connectivity index (χ4n) is 1.37. The highest BCUT2D eigenvalue weighted by atomic mass is 32.1. The molecule has 0 saturated carbocycles. The van der Waals surface area contributed by atoms with E-state index in [9.17, 15) is 4.79 Å². The van der Waals surface area contributed by atoms with E-state index < -0.39 is 7.12 Å². The van der Waals surface area contributed by atoms with E-state index >= 15 is 0 Å². The van der Waals surface area contributed by atoms with E-state index in [0.717, 1.165) is 16.4 Å². The van der Waals surface area contributed by atoms with Crippen molar-refractivity contribution in [2.45, 2.75) is 0 Å². The van der Waals surface area contributed by atoms with Gasteiger partial charge in [-0.25, -0.2) is 0 Å². The lowest BCUT2D eigenvalue weighted by atomic mass is 9.80. The Labute approximate surface area is 84.8 Å². The van der Waals surface area contributed by atoms with Crippen molar-refractivity contribution >= 4 is 40.3 Å². The van der Waals surface area contributed by atoms with Gasteiger partial charge in [-0.05, 0) is 16.9 Å². The summed E-state index contributed by atoms with van der Waals surface area (Å²) in [7, 11) is -1.49. The zero-order valence-corrected chi connectivity index (χ0v) is 7.99. The molecule has 0 saturated heterocycles. The minimum Gasteiger partial charge on any atom is -0.423 e. The molecule has 0 radical (unpaired) electrons. The first-order valence-corrected chi connectivity index (χ1v) is 4.88. The number of hydrogen-bond acceptors (Lipinski definition) is 4. The Hall–Kier alpha value is -1.17. The predicted octanol–water partition coefficient (Wildman–Crippen LogP) is 0.394. The van der Waals surface area contributed by atoms with Crippen LogP contribution in [0.2, 0.25) is 0 Å². The molecule has 0 atom stereocenters. The number of carbonyl (C=O) groups excluding carboxylic acids is 1. The van der Waals surface area contributed by atoms with Gasteiger partial charge in [-0.3, -0.25) is 4.79 Å². The van der Waals surface area contributed by atoms with Crippen LogP contribution >= 0.6 is 11.3 Å². The normalized spacial score (nSPS) is 10.4. The van der Waals surface area contributed by atoms with Gasteiger partial charge in [0.2, 0.25) is 0 Å². The maximum absolute atomic E-state index is 10.5. The smallest absolute Gasteiger partial charge is 0.423 e. The molecule has 0 aliphatic carbocycles. The third-order valence-corrected chi connectivity index (χ3v) is 3.11. The molecule has 0 amide bonds. The summed E-state index contributed by atoms with van der Waals surface area (Å²) in [6.45, 7) is 0. The average molecular weight is 206 g/mol. The van der Waals surface area contributed by atoms with Crippen molar-refractivity contribution in [1.29, 1.82) is 0 Å². The summed E-state index contributed by atoms with van der Waals surface area (Å²) in [6.07, 6.45) is 0.762. The molecule has 70 valence electrons. The van der Waals surface area contributed by atoms with Crippen molar-refractivity contribution in [1.82, 2.24) is 0 Å². The lowest BCUT2D eigenvalue weighted by Gasteiger charge is -1.99. The Morgan fingerprint density at radius 3 is 2.79 bits per heavy atom. The molecule has 3 nitrogen and oxygen atoms in total. The Kier molecular flexibility index (Phi) is 2.37. The monoisotopic (exact) mass is 206 g/mol. The Bertz CT molecular complexity index is 478. The average Bonchev–Trinajstić information content (AvgIpc) is 2.59. The van der Waals surface area contributed by atoms with Gasteiger partial charge in [-0.15, -0.1) is 11.3 Å². The molecule has 1 aromatic carbocycles. The fraction of sp³-hybridized carbons (Fsp3) is 0. The molecule has 0 spiro atoms. The summed E-state index contributed by atoms with van der Waals surface area (Å²) < 4.78 is 0.754. The van der Waals surface area contributed by atoms with Crippen molar-refractivity contribution < 1.29 is 14.8 Å². The minimum atomic E-state index is -1.49. The van der Waals surface area contributed by atoms with E-state index in [2.05, 4.69) is 0 Å². The van der Waals surface area contributed by atoms with E-state index in [1.165, 1.54) is 11.3 Å². The van der Waals surface area contributed by atoms with Crippen LogP contribution in [0.15, 0.2) is 24.3 Å². The summed E-state index contributed by atoms with van der Waals surface area (Å²) in [6, 6.07) is 6.94. The molecule has 5 heteroatoms. The van der Waals surface area contributed by atoms with E-state index in [4.69, 9.17) is 10.0 Å². The zero-order valence-electron chi connectivity index (χ0n) is 7.18. The first-order valence-electron chi connectivity index (χ1n) is 4.06. The van der Waals surface area contributed by atoms with Gasteiger partial charge in [0.05, 0.1) is 4.88 Å². The largest absolute Gasteiger partial charge is 0.489 e. The van der Waals surface area contributed by atoms with Crippen LogP contribution in [0, 0.1) is 0 Å². The maximum atomic E-state index is 10.5. The Morgan fingerprint density at radius 2 is 2.14 bits per heavy atom. The Morgan fingerprint density at radius 1 is 1.36 bits per heavy atom. The molecule has 2 rings (SSSR count).